The molecule has 170 valence electrons. The fourth-order valence-electron chi connectivity index (χ4n) is 3.65. The van der Waals surface area contributed by atoms with Crippen LogP contribution in [0.4, 0.5) is 5.82 Å². The van der Waals surface area contributed by atoms with E-state index in [0.29, 0.717) is 24.5 Å². The van der Waals surface area contributed by atoms with Crippen molar-refractivity contribution in [3.63, 3.8) is 0 Å². The Morgan fingerprint density at radius 1 is 1.09 bits per heavy atom. The number of pyridine rings is 2. The average Bonchev–Trinajstić information content (AvgIpc) is 3.25. The molecule has 33 heavy (non-hydrogen) atoms. The molecule has 1 aromatic carbocycles. The van der Waals surface area contributed by atoms with Crippen LogP contribution in [-0.2, 0) is 13.2 Å². The largest absolute Gasteiger partial charge is 0.487 e. The number of nitrogens with zero attached hydrogens (tertiary/aromatic N) is 4. The van der Waals surface area contributed by atoms with E-state index in [0.717, 1.165) is 35.8 Å². The Bertz CT molecular complexity index is 1230. The summed E-state index contributed by atoms with van der Waals surface area (Å²) in [6, 6.07) is 15.2. The first kappa shape index (κ1) is 22.3. The highest BCUT2D eigenvalue weighted by molar-refractivity contribution is 5.94. The van der Waals surface area contributed by atoms with Crippen molar-refractivity contribution in [2.75, 3.05) is 18.0 Å². The highest BCUT2D eigenvalue weighted by Crippen LogP contribution is 2.16. The van der Waals surface area contributed by atoms with Crippen molar-refractivity contribution in [2.45, 2.75) is 33.9 Å². The second-order valence-corrected chi connectivity index (χ2v) is 7.90. The van der Waals surface area contributed by atoms with Gasteiger partial charge < -0.3 is 19.4 Å². The molecule has 0 radical (unpaired) electrons. The molecule has 0 unspecified atom stereocenters. The second-order valence-electron chi connectivity index (χ2n) is 7.90. The zero-order valence-corrected chi connectivity index (χ0v) is 19.3. The monoisotopic (exact) mass is 443 g/mol. The van der Waals surface area contributed by atoms with Gasteiger partial charge in [0.25, 0.3) is 5.91 Å². The maximum atomic E-state index is 12.7. The summed E-state index contributed by atoms with van der Waals surface area (Å²) in [5.74, 6) is 1.42. The number of benzene rings is 1. The number of fused-ring (bicyclic) bond motifs is 1. The lowest BCUT2D eigenvalue weighted by Crippen LogP contribution is -2.24. The lowest BCUT2D eigenvalue weighted by molar-refractivity contribution is 0.0950. The number of aryl methyl sites for hydroxylation is 1. The molecule has 7 nitrogen and oxygen atoms in total. The molecule has 3 heterocycles. The van der Waals surface area contributed by atoms with E-state index in [4.69, 9.17) is 4.74 Å². The molecular weight excluding hydrogens is 414 g/mol. The van der Waals surface area contributed by atoms with Gasteiger partial charge in [-0.15, -0.1) is 0 Å². The molecule has 0 spiro atoms. The van der Waals surface area contributed by atoms with E-state index in [1.807, 2.05) is 66.3 Å². The van der Waals surface area contributed by atoms with Crippen molar-refractivity contribution < 1.29 is 9.53 Å². The molecule has 0 aliphatic rings. The van der Waals surface area contributed by atoms with Crippen molar-refractivity contribution in [3.8, 4) is 5.75 Å². The molecule has 0 aliphatic carbocycles. The quantitative estimate of drug-likeness (QED) is 0.415. The van der Waals surface area contributed by atoms with E-state index in [9.17, 15) is 4.79 Å². The molecule has 4 rings (SSSR count). The molecule has 0 saturated carbocycles. The molecule has 0 aliphatic heterocycles. The molecule has 0 fully saturated rings. The van der Waals surface area contributed by atoms with E-state index in [-0.39, 0.29) is 5.91 Å². The van der Waals surface area contributed by atoms with Crippen LogP contribution in [0.5, 0.6) is 5.75 Å². The number of hydrogen-bond donors (Lipinski definition) is 1. The second kappa shape index (κ2) is 10.2. The fourth-order valence-corrected chi connectivity index (χ4v) is 3.65. The Morgan fingerprint density at radius 2 is 1.94 bits per heavy atom. The van der Waals surface area contributed by atoms with Gasteiger partial charge in [-0.25, -0.2) is 9.97 Å². The minimum atomic E-state index is -0.156. The number of hydrogen-bond acceptors (Lipinski definition) is 5. The highest BCUT2D eigenvalue weighted by atomic mass is 16.5. The standard InChI is InChI=1S/C26H29N5O2/c1-4-30(5-2)24-12-10-20(14-27-24)15-28-26(32)21-7-6-8-23(13-21)33-18-22-17-31-16-19(3)9-11-25(31)29-22/h6-14,16-17H,4-5,15,18H2,1-3H3,(H,28,32). The predicted octanol–water partition coefficient (Wildman–Crippen LogP) is 4.39. The van der Waals surface area contributed by atoms with Crippen LogP contribution in [0.1, 0.15) is 41.0 Å². The van der Waals surface area contributed by atoms with E-state index >= 15 is 0 Å². The van der Waals surface area contributed by atoms with Gasteiger partial charge in [-0.1, -0.05) is 18.2 Å². The topological polar surface area (TPSA) is 71.8 Å². The third-order valence-electron chi connectivity index (χ3n) is 5.48. The Morgan fingerprint density at radius 3 is 2.70 bits per heavy atom. The zero-order valence-electron chi connectivity index (χ0n) is 19.3. The van der Waals surface area contributed by atoms with Crippen LogP contribution in [0.2, 0.25) is 0 Å². The molecule has 1 amide bonds. The van der Waals surface area contributed by atoms with Crippen molar-refractivity contribution >= 4 is 17.4 Å². The van der Waals surface area contributed by atoms with Gasteiger partial charge in [0, 0.05) is 43.8 Å². The van der Waals surface area contributed by atoms with E-state index in [2.05, 4.69) is 34.0 Å². The summed E-state index contributed by atoms with van der Waals surface area (Å²) in [5.41, 5.74) is 4.38. The maximum Gasteiger partial charge on any atom is 0.251 e. The molecule has 0 atom stereocenters. The average molecular weight is 444 g/mol. The number of amides is 1. The van der Waals surface area contributed by atoms with Gasteiger partial charge >= 0.3 is 0 Å². The van der Waals surface area contributed by atoms with Crippen molar-refractivity contribution in [3.05, 3.63) is 89.5 Å². The first-order valence-electron chi connectivity index (χ1n) is 11.2. The fraction of sp³-hybridized carbons (Fsp3) is 0.269. The molecule has 3 aromatic heterocycles. The minimum absolute atomic E-state index is 0.156. The number of carbonyl (C=O) groups excluding carboxylic acids is 1. The van der Waals surface area contributed by atoms with E-state index < -0.39 is 0 Å². The number of aromatic nitrogens is 3. The summed E-state index contributed by atoms with van der Waals surface area (Å²) in [4.78, 5) is 23.9. The molecule has 1 N–H and O–H groups in total. The van der Waals surface area contributed by atoms with Crippen LogP contribution in [0.3, 0.4) is 0 Å². The van der Waals surface area contributed by atoms with Crippen molar-refractivity contribution in [1.82, 2.24) is 19.7 Å². The van der Waals surface area contributed by atoms with Gasteiger partial charge in [-0.05, 0) is 62.2 Å². The first-order valence-corrected chi connectivity index (χ1v) is 11.2. The van der Waals surface area contributed by atoms with E-state index in [1.165, 1.54) is 5.56 Å². The number of imidazole rings is 1. The summed E-state index contributed by atoms with van der Waals surface area (Å²) in [6.07, 6.45) is 5.80. The zero-order chi connectivity index (χ0) is 23.2. The lowest BCUT2D eigenvalue weighted by Gasteiger charge is -2.19. The van der Waals surface area contributed by atoms with Crippen LogP contribution < -0.4 is 15.0 Å². The Hall–Kier alpha value is -3.87. The number of nitrogens with one attached hydrogen (secondary N) is 1. The number of anilines is 1. The number of rotatable bonds is 9. The summed E-state index contributed by atoms with van der Waals surface area (Å²) in [5, 5.41) is 2.95. The Kier molecular flexibility index (Phi) is 6.88. The number of ether oxygens (including phenoxy) is 1. The van der Waals surface area contributed by atoms with Crippen molar-refractivity contribution in [2.24, 2.45) is 0 Å². The number of carbonyl (C=O) groups is 1. The molecule has 4 aromatic rings. The van der Waals surface area contributed by atoms with Gasteiger partial charge in [0.1, 0.15) is 23.8 Å². The summed E-state index contributed by atoms with van der Waals surface area (Å²) in [7, 11) is 0. The van der Waals surface area contributed by atoms with Crippen molar-refractivity contribution in [1.29, 1.82) is 0 Å². The first-order chi connectivity index (χ1) is 16.1. The van der Waals surface area contributed by atoms with Gasteiger partial charge in [0.2, 0.25) is 0 Å². The third kappa shape index (κ3) is 5.49. The lowest BCUT2D eigenvalue weighted by atomic mass is 10.2. The van der Waals surface area contributed by atoms with E-state index in [1.54, 1.807) is 12.1 Å². The summed E-state index contributed by atoms with van der Waals surface area (Å²) >= 11 is 0. The predicted molar refractivity (Wildman–Crippen MR) is 130 cm³/mol. The normalized spacial score (nSPS) is 10.9. The smallest absolute Gasteiger partial charge is 0.251 e. The van der Waals surface area contributed by atoms with Crippen LogP contribution in [0.25, 0.3) is 5.65 Å². The molecule has 0 bridgehead atoms. The van der Waals surface area contributed by atoms with Crippen LogP contribution in [-0.4, -0.2) is 33.4 Å². The van der Waals surface area contributed by atoms with Crippen LogP contribution in [0, 0.1) is 6.92 Å². The van der Waals surface area contributed by atoms with Crippen LogP contribution >= 0.6 is 0 Å². The summed E-state index contributed by atoms with van der Waals surface area (Å²) < 4.78 is 7.88. The molecular formula is C26H29N5O2. The van der Waals surface area contributed by atoms with Gasteiger partial charge in [-0.2, -0.15) is 0 Å². The minimum Gasteiger partial charge on any atom is -0.487 e. The Labute approximate surface area is 194 Å². The molecule has 0 saturated heterocycles. The summed E-state index contributed by atoms with van der Waals surface area (Å²) in [6.45, 7) is 8.82. The molecule has 7 heteroatoms. The maximum absolute atomic E-state index is 12.7. The SMILES string of the molecule is CCN(CC)c1ccc(CNC(=O)c2cccc(OCc3cn4cc(C)ccc4n3)c2)cn1. The van der Waals surface area contributed by atoms with Crippen LogP contribution in [0.15, 0.2) is 67.1 Å². The third-order valence-corrected chi connectivity index (χ3v) is 5.48. The Balaban J connectivity index is 1.34. The highest BCUT2D eigenvalue weighted by Gasteiger charge is 2.09. The van der Waals surface area contributed by atoms with Gasteiger partial charge in [0.05, 0.1) is 5.69 Å². The van der Waals surface area contributed by atoms with Gasteiger partial charge in [0.15, 0.2) is 0 Å². The van der Waals surface area contributed by atoms with Gasteiger partial charge in [-0.3, -0.25) is 4.79 Å².